The van der Waals surface area contributed by atoms with Gasteiger partial charge in [0.05, 0.1) is 4.90 Å². The molecule has 0 atom stereocenters. The van der Waals surface area contributed by atoms with Crippen LogP contribution in [-0.4, -0.2) is 28.1 Å². The summed E-state index contributed by atoms with van der Waals surface area (Å²) in [6.45, 7) is 5.83. The third-order valence-corrected chi connectivity index (χ3v) is 5.05. The fourth-order valence-electron chi connectivity index (χ4n) is 2.37. The standard InChI is InChI=1S/C17H23N3O2S/c1-3-20(16-8-4-6-14(2)12-16)11-10-19-23(21,22)17-9-5-7-15(18)13-17/h4-9,12-13,19H,3,10-11,18H2,1-2H3. The van der Waals surface area contributed by atoms with Gasteiger partial charge in [-0.15, -0.1) is 0 Å². The first kappa shape index (κ1) is 17.3. The third kappa shape index (κ3) is 4.71. The second-order valence-corrected chi connectivity index (χ2v) is 7.16. The monoisotopic (exact) mass is 333 g/mol. The van der Waals surface area contributed by atoms with E-state index >= 15 is 0 Å². The maximum atomic E-state index is 12.3. The van der Waals surface area contributed by atoms with E-state index in [4.69, 9.17) is 5.73 Å². The molecule has 23 heavy (non-hydrogen) atoms. The van der Waals surface area contributed by atoms with Crippen LogP contribution in [-0.2, 0) is 10.0 Å². The van der Waals surface area contributed by atoms with Crippen LogP contribution >= 0.6 is 0 Å². The predicted molar refractivity (Wildman–Crippen MR) is 95.1 cm³/mol. The zero-order valence-corrected chi connectivity index (χ0v) is 14.3. The molecule has 0 amide bonds. The molecule has 0 radical (unpaired) electrons. The minimum Gasteiger partial charge on any atom is -0.399 e. The molecule has 2 aromatic carbocycles. The Balaban J connectivity index is 2.00. The van der Waals surface area contributed by atoms with Crippen molar-refractivity contribution in [1.82, 2.24) is 4.72 Å². The number of aryl methyl sites for hydroxylation is 1. The summed E-state index contributed by atoms with van der Waals surface area (Å²) in [5.74, 6) is 0. The molecule has 0 fully saturated rings. The first-order valence-electron chi connectivity index (χ1n) is 7.59. The minimum atomic E-state index is -3.53. The van der Waals surface area contributed by atoms with Crippen molar-refractivity contribution in [2.24, 2.45) is 0 Å². The summed E-state index contributed by atoms with van der Waals surface area (Å²) in [6.07, 6.45) is 0. The first-order chi connectivity index (χ1) is 10.9. The summed E-state index contributed by atoms with van der Waals surface area (Å²) < 4.78 is 27.1. The Bertz CT molecular complexity index is 760. The van der Waals surface area contributed by atoms with Crippen LogP contribution in [0.3, 0.4) is 0 Å². The first-order valence-corrected chi connectivity index (χ1v) is 9.07. The maximum absolute atomic E-state index is 12.3. The van der Waals surface area contributed by atoms with Crippen LogP contribution in [0.15, 0.2) is 53.4 Å². The Morgan fingerprint density at radius 1 is 1.13 bits per heavy atom. The normalized spacial score (nSPS) is 11.4. The highest BCUT2D eigenvalue weighted by atomic mass is 32.2. The highest BCUT2D eigenvalue weighted by molar-refractivity contribution is 7.89. The van der Waals surface area contributed by atoms with Crippen molar-refractivity contribution in [3.05, 3.63) is 54.1 Å². The number of sulfonamides is 1. The molecule has 0 aliphatic rings. The number of nitrogens with two attached hydrogens (primary N) is 1. The Hall–Kier alpha value is -2.05. The molecule has 2 rings (SSSR count). The van der Waals surface area contributed by atoms with Gasteiger partial charge in [0.25, 0.3) is 0 Å². The van der Waals surface area contributed by atoms with Crippen molar-refractivity contribution in [3.63, 3.8) is 0 Å². The predicted octanol–water partition coefficient (Wildman–Crippen LogP) is 2.38. The number of likely N-dealkylation sites (N-methyl/N-ethyl adjacent to an activating group) is 1. The van der Waals surface area contributed by atoms with Crippen LogP contribution in [0.5, 0.6) is 0 Å². The summed E-state index contributed by atoms with van der Waals surface area (Å²) in [5.41, 5.74) is 8.35. The van der Waals surface area contributed by atoms with Crippen molar-refractivity contribution in [3.8, 4) is 0 Å². The number of hydrogen-bond donors (Lipinski definition) is 2. The van der Waals surface area contributed by atoms with E-state index < -0.39 is 10.0 Å². The van der Waals surface area contributed by atoms with Gasteiger partial charge in [0.15, 0.2) is 0 Å². The van der Waals surface area contributed by atoms with E-state index in [0.29, 0.717) is 18.8 Å². The van der Waals surface area contributed by atoms with Crippen LogP contribution in [0.25, 0.3) is 0 Å². The average molecular weight is 333 g/mol. The lowest BCUT2D eigenvalue weighted by molar-refractivity contribution is 0.581. The molecule has 5 nitrogen and oxygen atoms in total. The van der Waals surface area contributed by atoms with Gasteiger partial charge in [-0.1, -0.05) is 18.2 Å². The molecular weight excluding hydrogens is 310 g/mol. The molecule has 0 heterocycles. The van der Waals surface area contributed by atoms with Gasteiger partial charge in [-0.3, -0.25) is 0 Å². The number of nitrogens with zero attached hydrogens (tertiary/aromatic N) is 1. The molecule has 124 valence electrons. The van der Waals surface area contributed by atoms with E-state index in [0.717, 1.165) is 12.2 Å². The van der Waals surface area contributed by atoms with Crippen molar-refractivity contribution in [2.45, 2.75) is 18.7 Å². The van der Waals surface area contributed by atoms with E-state index in [1.807, 2.05) is 25.1 Å². The smallest absolute Gasteiger partial charge is 0.240 e. The number of benzene rings is 2. The van der Waals surface area contributed by atoms with Crippen molar-refractivity contribution in [1.29, 1.82) is 0 Å². The summed E-state index contributed by atoms with van der Waals surface area (Å²) in [6, 6.07) is 14.5. The number of anilines is 2. The minimum absolute atomic E-state index is 0.191. The second-order valence-electron chi connectivity index (χ2n) is 5.39. The summed E-state index contributed by atoms with van der Waals surface area (Å²) >= 11 is 0. The van der Waals surface area contributed by atoms with Crippen molar-refractivity contribution in [2.75, 3.05) is 30.3 Å². The molecule has 0 unspecified atom stereocenters. The van der Waals surface area contributed by atoms with Crippen LogP contribution in [0.2, 0.25) is 0 Å². The van der Waals surface area contributed by atoms with Gasteiger partial charge in [-0.25, -0.2) is 13.1 Å². The number of hydrogen-bond acceptors (Lipinski definition) is 4. The van der Waals surface area contributed by atoms with Gasteiger partial charge in [0.2, 0.25) is 10.0 Å². The van der Waals surface area contributed by atoms with Gasteiger partial charge in [-0.05, 0) is 49.7 Å². The largest absolute Gasteiger partial charge is 0.399 e. The molecule has 0 aliphatic heterocycles. The molecule has 3 N–H and O–H groups in total. The lowest BCUT2D eigenvalue weighted by atomic mass is 10.2. The molecule has 0 aliphatic carbocycles. The van der Waals surface area contributed by atoms with E-state index in [-0.39, 0.29) is 4.90 Å². The molecule has 0 saturated carbocycles. The number of nitrogen functional groups attached to an aromatic ring is 1. The van der Waals surface area contributed by atoms with Crippen LogP contribution in [0.4, 0.5) is 11.4 Å². The molecule has 0 saturated heterocycles. The van der Waals surface area contributed by atoms with Gasteiger partial charge in [0.1, 0.15) is 0 Å². The lowest BCUT2D eigenvalue weighted by Gasteiger charge is -2.23. The fraction of sp³-hybridized carbons (Fsp3) is 0.294. The topological polar surface area (TPSA) is 75.4 Å². The Kier molecular flexibility index (Phi) is 5.63. The van der Waals surface area contributed by atoms with Crippen molar-refractivity contribution < 1.29 is 8.42 Å². The second kappa shape index (κ2) is 7.48. The highest BCUT2D eigenvalue weighted by Gasteiger charge is 2.14. The van der Waals surface area contributed by atoms with E-state index in [9.17, 15) is 8.42 Å². The van der Waals surface area contributed by atoms with E-state index in [2.05, 4.69) is 22.6 Å². The summed E-state index contributed by atoms with van der Waals surface area (Å²) in [5, 5.41) is 0. The Morgan fingerprint density at radius 3 is 2.52 bits per heavy atom. The lowest BCUT2D eigenvalue weighted by Crippen LogP contribution is -2.35. The molecule has 0 spiro atoms. The van der Waals surface area contributed by atoms with Crippen molar-refractivity contribution >= 4 is 21.4 Å². The Morgan fingerprint density at radius 2 is 1.87 bits per heavy atom. The highest BCUT2D eigenvalue weighted by Crippen LogP contribution is 2.16. The summed E-state index contributed by atoms with van der Waals surface area (Å²) in [7, 11) is -3.53. The van der Waals surface area contributed by atoms with Crippen LogP contribution in [0.1, 0.15) is 12.5 Å². The zero-order valence-electron chi connectivity index (χ0n) is 13.5. The molecular formula is C17H23N3O2S. The van der Waals surface area contributed by atoms with Gasteiger partial charge >= 0.3 is 0 Å². The zero-order chi connectivity index (χ0) is 16.9. The molecule has 0 aromatic heterocycles. The molecule has 2 aromatic rings. The van der Waals surface area contributed by atoms with Gasteiger partial charge in [0, 0.05) is 31.0 Å². The van der Waals surface area contributed by atoms with E-state index in [1.165, 1.54) is 17.7 Å². The number of nitrogens with one attached hydrogen (secondary N) is 1. The average Bonchev–Trinajstić information content (AvgIpc) is 2.51. The number of rotatable bonds is 7. The SMILES string of the molecule is CCN(CCNS(=O)(=O)c1cccc(N)c1)c1cccc(C)c1. The van der Waals surface area contributed by atoms with Gasteiger partial charge in [-0.2, -0.15) is 0 Å². The van der Waals surface area contributed by atoms with Crippen LogP contribution in [0, 0.1) is 6.92 Å². The van der Waals surface area contributed by atoms with Gasteiger partial charge < -0.3 is 10.6 Å². The molecule has 6 heteroatoms. The summed E-state index contributed by atoms with van der Waals surface area (Å²) in [4.78, 5) is 2.32. The maximum Gasteiger partial charge on any atom is 0.240 e. The van der Waals surface area contributed by atoms with Crippen LogP contribution < -0.4 is 15.4 Å². The van der Waals surface area contributed by atoms with E-state index in [1.54, 1.807) is 12.1 Å². The fourth-order valence-corrected chi connectivity index (χ4v) is 3.45. The quantitative estimate of drug-likeness (QED) is 0.763. The Labute approximate surface area is 138 Å². The molecule has 0 bridgehead atoms. The third-order valence-electron chi connectivity index (χ3n) is 3.59.